The molecule has 164 valence electrons. The molecule has 0 aliphatic heterocycles. The van der Waals surface area contributed by atoms with Crippen molar-refractivity contribution in [3.8, 4) is 5.69 Å². The van der Waals surface area contributed by atoms with Crippen LogP contribution in [0.4, 0.5) is 15.9 Å². The molecule has 0 saturated carbocycles. The number of para-hydroxylation sites is 1. The smallest absolute Gasteiger partial charge is 0.279 e. The standard InChI is InChI=1S/C25H19ClFN5O/c26-16-7-5-8-17(14-16)32-23(28)21(29-13-12-15-6-1-3-10-19(15)27)22-24(32)30-20-11-4-2-9-18(20)25(33)31-22/h1-11,14,29H,12-13,28H2. The van der Waals surface area contributed by atoms with E-state index in [1.54, 1.807) is 53.1 Å². The Labute approximate surface area is 193 Å². The van der Waals surface area contributed by atoms with Crippen LogP contribution in [0.3, 0.4) is 0 Å². The molecule has 6 nitrogen and oxygen atoms in total. The van der Waals surface area contributed by atoms with Gasteiger partial charge in [0.2, 0.25) is 0 Å². The zero-order valence-electron chi connectivity index (χ0n) is 17.4. The van der Waals surface area contributed by atoms with E-state index in [-0.39, 0.29) is 5.82 Å². The number of nitrogens with one attached hydrogen (secondary N) is 1. The fourth-order valence-corrected chi connectivity index (χ4v) is 4.06. The van der Waals surface area contributed by atoms with E-state index in [0.29, 0.717) is 62.8 Å². The third-order valence-corrected chi connectivity index (χ3v) is 5.69. The molecule has 8 heteroatoms. The maximum Gasteiger partial charge on any atom is 0.279 e. The number of nitrogens with zero attached hydrogens (tertiary/aromatic N) is 3. The molecule has 0 aliphatic rings. The number of hydrogen-bond donors (Lipinski definition) is 2. The van der Waals surface area contributed by atoms with Crippen molar-refractivity contribution in [2.45, 2.75) is 6.42 Å². The average Bonchev–Trinajstić information content (AvgIpc) is 2.96. The van der Waals surface area contributed by atoms with Crippen molar-refractivity contribution in [2.75, 3.05) is 17.6 Å². The molecule has 0 spiro atoms. The summed E-state index contributed by atoms with van der Waals surface area (Å²) in [4.78, 5) is 22.0. The number of anilines is 2. The summed E-state index contributed by atoms with van der Waals surface area (Å²) in [7, 11) is 0. The van der Waals surface area contributed by atoms with E-state index < -0.39 is 5.56 Å². The Balaban J connectivity index is 1.69. The van der Waals surface area contributed by atoms with Crippen LogP contribution < -0.4 is 16.6 Å². The highest BCUT2D eigenvalue weighted by Gasteiger charge is 2.20. The summed E-state index contributed by atoms with van der Waals surface area (Å²) in [5, 5.41) is 4.18. The van der Waals surface area contributed by atoms with Gasteiger partial charge in [0, 0.05) is 11.6 Å². The van der Waals surface area contributed by atoms with Gasteiger partial charge in [-0.25, -0.2) is 14.4 Å². The van der Waals surface area contributed by atoms with Crippen molar-refractivity contribution in [3.63, 3.8) is 0 Å². The molecular formula is C25H19ClFN5O. The number of halogens is 2. The summed E-state index contributed by atoms with van der Waals surface area (Å²) in [6.07, 6.45) is 0.425. The lowest BCUT2D eigenvalue weighted by molar-refractivity contribution is 0.610. The minimum absolute atomic E-state index is 0.270. The number of hydrogen-bond acceptors (Lipinski definition) is 5. The molecule has 3 N–H and O–H groups in total. The Morgan fingerprint density at radius 1 is 1.00 bits per heavy atom. The van der Waals surface area contributed by atoms with E-state index in [4.69, 9.17) is 22.3 Å². The van der Waals surface area contributed by atoms with E-state index in [9.17, 15) is 9.18 Å². The molecule has 33 heavy (non-hydrogen) atoms. The van der Waals surface area contributed by atoms with Crippen LogP contribution in [0.1, 0.15) is 5.56 Å². The number of nitrogens with two attached hydrogens (primary N) is 1. The summed E-state index contributed by atoms with van der Waals surface area (Å²) in [6, 6.07) is 20.8. The molecule has 0 aliphatic carbocycles. The Bertz CT molecular complexity index is 1570. The van der Waals surface area contributed by atoms with Crippen LogP contribution in [-0.4, -0.2) is 21.1 Å². The zero-order valence-corrected chi connectivity index (χ0v) is 18.2. The molecule has 5 aromatic rings. The van der Waals surface area contributed by atoms with Crippen LogP contribution in [0.2, 0.25) is 5.02 Å². The molecule has 0 saturated heterocycles. The molecule has 3 aromatic carbocycles. The van der Waals surface area contributed by atoms with Crippen molar-refractivity contribution in [2.24, 2.45) is 0 Å². The second-order valence-electron chi connectivity index (χ2n) is 7.56. The minimum atomic E-state index is -0.409. The van der Waals surface area contributed by atoms with E-state index in [1.807, 2.05) is 18.2 Å². The quantitative estimate of drug-likeness (QED) is 0.388. The van der Waals surface area contributed by atoms with Crippen LogP contribution in [-0.2, 0) is 6.42 Å². The van der Waals surface area contributed by atoms with Gasteiger partial charge >= 0.3 is 0 Å². The highest BCUT2D eigenvalue weighted by Crippen LogP contribution is 2.34. The number of aromatic nitrogens is 3. The van der Waals surface area contributed by atoms with Gasteiger partial charge in [-0.1, -0.05) is 48.0 Å². The van der Waals surface area contributed by atoms with Gasteiger partial charge in [-0.05, 0) is 48.4 Å². The fraction of sp³-hybridized carbons (Fsp3) is 0.0800. The normalized spacial score (nSPS) is 11.2. The highest BCUT2D eigenvalue weighted by atomic mass is 35.5. The van der Waals surface area contributed by atoms with Crippen LogP contribution in [0.15, 0.2) is 77.6 Å². The summed E-state index contributed by atoms with van der Waals surface area (Å²) < 4.78 is 15.8. The summed E-state index contributed by atoms with van der Waals surface area (Å²) in [5.74, 6) is 0.0587. The number of rotatable bonds is 5. The van der Waals surface area contributed by atoms with E-state index in [2.05, 4.69) is 10.3 Å². The monoisotopic (exact) mass is 459 g/mol. The first-order chi connectivity index (χ1) is 16.0. The third kappa shape index (κ3) is 3.87. The Morgan fingerprint density at radius 2 is 1.79 bits per heavy atom. The average molecular weight is 460 g/mol. The molecule has 0 amide bonds. The van der Waals surface area contributed by atoms with E-state index in [0.717, 1.165) is 0 Å². The Hall–Kier alpha value is -3.97. The van der Waals surface area contributed by atoms with Crippen molar-refractivity contribution in [1.82, 2.24) is 14.5 Å². The van der Waals surface area contributed by atoms with Crippen molar-refractivity contribution >= 4 is 45.2 Å². The Kier molecular flexibility index (Phi) is 5.40. The lowest BCUT2D eigenvalue weighted by Crippen LogP contribution is -2.09. The van der Waals surface area contributed by atoms with Crippen LogP contribution in [0.5, 0.6) is 0 Å². The predicted molar refractivity (Wildman–Crippen MR) is 131 cm³/mol. The number of nitrogen functional groups attached to an aromatic ring is 1. The van der Waals surface area contributed by atoms with Crippen molar-refractivity contribution in [3.05, 3.63) is 99.6 Å². The van der Waals surface area contributed by atoms with Gasteiger partial charge < -0.3 is 11.1 Å². The lowest BCUT2D eigenvalue weighted by Gasteiger charge is -2.10. The Morgan fingerprint density at radius 3 is 2.61 bits per heavy atom. The summed E-state index contributed by atoms with van der Waals surface area (Å²) in [6.45, 7) is 0.383. The highest BCUT2D eigenvalue weighted by molar-refractivity contribution is 6.30. The van der Waals surface area contributed by atoms with Gasteiger partial charge in [0.25, 0.3) is 5.56 Å². The molecule has 0 radical (unpaired) electrons. The first-order valence-corrected chi connectivity index (χ1v) is 10.7. The molecule has 0 bridgehead atoms. The second kappa shape index (κ2) is 8.52. The number of fused-ring (bicyclic) bond motifs is 2. The predicted octanol–water partition coefficient (Wildman–Crippen LogP) is 4.96. The van der Waals surface area contributed by atoms with Gasteiger partial charge in [0.15, 0.2) is 5.65 Å². The molecule has 2 heterocycles. The summed E-state index contributed by atoms with van der Waals surface area (Å²) in [5.41, 5.74) is 9.12. The summed E-state index contributed by atoms with van der Waals surface area (Å²) >= 11 is 6.23. The minimum Gasteiger partial charge on any atom is -0.383 e. The van der Waals surface area contributed by atoms with Gasteiger partial charge in [-0.2, -0.15) is 0 Å². The molecule has 0 atom stereocenters. The molecule has 0 fully saturated rings. The fourth-order valence-electron chi connectivity index (χ4n) is 3.88. The van der Waals surface area contributed by atoms with E-state index >= 15 is 0 Å². The first kappa shape index (κ1) is 20.9. The maximum atomic E-state index is 14.0. The third-order valence-electron chi connectivity index (χ3n) is 5.45. The molecule has 0 unspecified atom stereocenters. The zero-order chi connectivity index (χ0) is 22.9. The van der Waals surface area contributed by atoms with Crippen molar-refractivity contribution < 1.29 is 4.39 Å². The van der Waals surface area contributed by atoms with Crippen molar-refractivity contribution in [1.29, 1.82) is 0 Å². The maximum absolute atomic E-state index is 14.0. The van der Waals surface area contributed by atoms with E-state index in [1.165, 1.54) is 6.07 Å². The lowest BCUT2D eigenvalue weighted by atomic mass is 10.1. The van der Waals surface area contributed by atoms with Gasteiger partial charge in [-0.3, -0.25) is 9.36 Å². The first-order valence-electron chi connectivity index (χ1n) is 10.4. The van der Waals surface area contributed by atoms with Crippen LogP contribution >= 0.6 is 11.6 Å². The van der Waals surface area contributed by atoms with Gasteiger partial charge in [0.05, 0.1) is 16.6 Å². The topological polar surface area (TPSA) is 85.8 Å². The largest absolute Gasteiger partial charge is 0.383 e. The number of benzene rings is 3. The SMILES string of the molecule is Nc1c(NCCc2ccccc2F)c2nc(=O)c3ccccc3nc2n1-c1cccc(Cl)c1. The van der Waals surface area contributed by atoms with Gasteiger partial charge in [0.1, 0.15) is 22.8 Å². The van der Waals surface area contributed by atoms with Crippen LogP contribution in [0, 0.1) is 5.82 Å². The second-order valence-corrected chi connectivity index (χ2v) is 8.00. The molecular weight excluding hydrogens is 441 g/mol. The van der Waals surface area contributed by atoms with Gasteiger partial charge in [-0.15, -0.1) is 0 Å². The molecule has 5 rings (SSSR count). The van der Waals surface area contributed by atoms with Crippen LogP contribution in [0.25, 0.3) is 27.8 Å². The molecule has 2 aromatic heterocycles.